The first-order chi connectivity index (χ1) is 8.29. The molecule has 0 atom stereocenters. The number of hydrogen-bond acceptors (Lipinski definition) is 2. The second kappa shape index (κ2) is 5.34. The fourth-order valence-electron chi connectivity index (χ4n) is 1.64. The number of benzene rings is 1. The molecule has 3 nitrogen and oxygen atoms in total. The van der Waals surface area contributed by atoms with Crippen LogP contribution >= 0.6 is 0 Å². The van der Waals surface area contributed by atoms with E-state index in [0.717, 1.165) is 5.76 Å². The fraction of sp³-hybridized carbons (Fsp3) is 0.214. The lowest BCUT2D eigenvalue weighted by molar-refractivity contribution is 0.0926. The summed E-state index contributed by atoms with van der Waals surface area (Å²) in [4.78, 5) is 11.5. The molecule has 2 rings (SSSR count). The van der Waals surface area contributed by atoms with Crippen molar-refractivity contribution in [1.82, 2.24) is 5.32 Å². The standard InChI is InChI=1S/C14H15NO2/c1-2-15-14(16)13-9-8-12(17-13)10-11-6-4-3-5-7-11/h3-9H,2,10H2,1H3,(H,15,16). The number of furan rings is 1. The van der Waals surface area contributed by atoms with Crippen molar-refractivity contribution >= 4 is 5.91 Å². The van der Waals surface area contributed by atoms with E-state index < -0.39 is 0 Å². The van der Waals surface area contributed by atoms with E-state index in [4.69, 9.17) is 4.42 Å². The minimum absolute atomic E-state index is 0.160. The minimum atomic E-state index is -0.160. The number of carbonyl (C=O) groups excluding carboxylic acids is 1. The Morgan fingerprint density at radius 1 is 1.18 bits per heavy atom. The smallest absolute Gasteiger partial charge is 0.286 e. The zero-order valence-electron chi connectivity index (χ0n) is 9.77. The van der Waals surface area contributed by atoms with Crippen LogP contribution in [0.2, 0.25) is 0 Å². The molecule has 17 heavy (non-hydrogen) atoms. The lowest BCUT2D eigenvalue weighted by Crippen LogP contribution is -2.21. The number of nitrogens with one attached hydrogen (secondary N) is 1. The second-order valence-electron chi connectivity index (χ2n) is 3.79. The summed E-state index contributed by atoms with van der Waals surface area (Å²) >= 11 is 0. The molecule has 1 N–H and O–H groups in total. The predicted octanol–water partition coefficient (Wildman–Crippen LogP) is 2.62. The van der Waals surface area contributed by atoms with Crippen molar-refractivity contribution in [3.63, 3.8) is 0 Å². The molecule has 0 bridgehead atoms. The lowest BCUT2D eigenvalue weighted by Gasteiger charge is -1.99. The Kier molecular flexibility index (Phi) is 3.60. The maximum absolute atomic E-state index is 11.5. The Balaban J connectivity index is 2.06. The summed E-state index contributed by atoms with van der Waals surface area (Å²) in [6, 6.07) is 13.6. The van der Waals surface area contributed by atoms with Gasteiger partial charge in [0.05, 0.1) is 0 Å². The summed E-state index contributed by atoms with van der Waals surface area (Å²) in [5.41, 5.74) is 1.17. The third-order valence-corrected chi connectivity index (χ3v) is 2.44. The molecule has 1 aromatic carbocycles. The highest BCUT2D eigenvalue weighted by atomic mass is 16.3. The number of hydrogen-bond donors (Lipinski definition) is 1. The van der Waals surface area contributed by atoms with Gasteiger partial charge >= 0.3 is 0 Å². The van der Waals surface area contributed by atoms with Gasteiger partial charge < -0.3 is 9.73 Å². The van der Waals surface area contributed by atoms with Crippen LogP contribution in [0.5, 0.6) is 0 Å². The molecule has 0 aliphatic rings. The van der Waals surface area contributed by atoms with Crippen molar-refractivity contribution in [3.05, 3.63) is 59.5 Å². The Hall–Kier alpha value is -2.03. The topological polar surface area (TPSA) is 42.2 Å². The summed E-state index contributed by atoms with van der Waals surface area (Å²) in [5, 5.41) is 2.71. The zero-order valence-corrected chi connectivity index (χ0v) is 9.77. The summed E-state index contributed by atoms with van der Waals surface area (Å²) in [6.07, 6.45) is 0.709. The molecule has 1 amide bonds. The molecule has 0 aliphatic heterocycles. The van der Waals surface area contributed by atoms with Gasteiger partial charge in [0.25, 0.3) is 5.91 Å². The van der Waals surface area contributed by atoms with Crippen molar-refractivity contribution < 1.29 is 9.21 Å². The third kappa shape index (κ3) is 2.97. The van der Waals surface area contributed by atoms with Crippen LogP contribution in [0, 0.1) is 0 Å². The molecule has 1 aromatic heterocycles. The van der Waals surface area contributed by atoms with E-state index in [0.29, 0.717) is 18.7 Å². The van der Waals surface area contributed by atoms with Crippen molar-refractivity contribution in [2.45, 2.75) is 13.3 Å². The van der Waals surface area contributed by atoms with Crippen LogP contribution in [0.3, 0.4) is 0 Å². The van der Waals surface area contributed by atoms with Gasteiger partial charge in [-0.05, 0) is 24.6 Å². The van der Waals surface area contributed by atoms with Crippen molar-refractivity contribution in [1.29, 1.82) is 0 Å². The first-order valence-corrected chi connectivity index (χ1v) is 5.70. The van der Waals surface area contributed by atoms with Crippen LogP contribution < -0.4 is 5.32 Å². The number of rotatable bonds is 4. The predicted molar refractivity (Wildman–Crippen MR) is 66.0 cm³/mol. The van der Waals surface area contributed by atoms with E-state index in [2.05, 4.69) is 5.32 Å². The van der Waals surface area contributed by atoms with Crippen molar-refractivity contribution in [3.8, 4) is 0 Å². The van der Waals surface area contributed by atoms with Gasteiger partial charge in [0.1, 0.15) is 5.76 Å². The molecule has 1 heterocycles. The van der Waals surface area contributed by atoms with E-state index in [9.17, 15) is 4.79 Å². The average Bonchev–Trinajstić information content (AvgIpc) is 2.79. The molecule has 88 valence electrons. The molecule has 0 aliphatic carbocycles. The lowest BCUT2D eigenvalue weighted by atomic mass is 10.1. The quantitative estimate of drug-likeness (QED) is 0.875. The van der Waals surface area contributed by atoms with Gasteiger partial charge in [-0.1, -0.05) is 30.3 Å². The summed E-state index contributed by atoms with van der Waals surface area (Å²) < 4.78 is 5.49. The van der Waals surface area contributed by atoms with E-state index in [1.165, 1.54) is 5.56 Å². The highest BCUT2D eigenvalue weighted by Crippen LogP contribution is 2.13. The molecular formula is C14H15NO2. The molecule has 0 saturated carbocycles. The van der Waals surface area contributed by atoms with E-state index in [1.807, 2.05) is 43.3 Å². The second-order valence-corrected chi connectivity index (χ2v) is 3.79. The molecule has 2 aromatic rings. The molecular weight excluding hydrogens is 214 g/mol. The monoisotopic (exact) mass is 229 g/mol. The molecule has 0 saturated heterocycles. The Labute approximate surface area is 100 Å². The van der Waals surface area contributed by atoms with Crippen LogP contribution in [0.15, 0.2) is 46.9 Å². The van der Waals surface area contributed by atoms with Gasteiger partial charge in [-0.3, -0.25) is 4.79 Å². The third-order valence-electron chi connectivity index (χ3n) is 2.44. The van der Waals surface area contributed by atoms with Gasteiger partial charge in [-0.25, -0.2) is 0 Å². The van der Waals surface area contributed by atoms with E-state index in [-0.39, 0.29) is 5.91 Å². The Morgan fingerprint density at radius 2 is 1.94 bits per heavy atom. The van der Waals surface area contributed by atoms with Crippen molar-refractivity contribution in [2.75, 3.05) is 6.54 Å². The zero-order chi connectivity index (χ0) is 12.1. The SMILES string of the molecule is CCNC(=O)c1ccc(Cc2ccccc2)o1. The van der Waals surface area contributed by atoms with Gasteiger partial charge in [-0.2, -0.15) is 0 Å². The molecule has 3 heteroatoms. The van der Waals surface area contributed by atoms with Crippen LogP contribution in [-0.4, -0.2) is 12.5 Å². The van der Waals surface area contributed by atoms with Crippen LogP contribution in [0.25, 0.3) is 0 Å². The van der Waals surface area contributed by atoms with Crippen molar-refractivity contribution in [2.24, 2.45) is 0 Å². The Morgan fingerprint density at radius 3 is 2.65 bits per heavy atom. The van der Waals surface area contributed by atoms with Crippen LogP contribution in [0.4, 0.5) is 0 Å². The fourth-order valence-corrected chi connectivity index (χ4v) is 1.64. The van der Waals surface area contributed by atoms with Gasteiger partial charge in [0, 0.05) is 13.0 Å². The Bertz CT molecular complexity index is 488. The molecule has 0 spiro atoms. The average molecular weight is 229 g/mol. The molecule has 0 radical (unpaired) electrons. The highest BCUT2D eigenvalue weighted by Gasteiger charge is 2.09. The summed E-state index contributed by atoms with van der Waals surface area (Å²) in [5.74, 6) is 1.02. The minimum Gasteiger partial charge on any atom is -0.456 e. The van der Waals surface area contributed by atoms with Gasteiger partial charge in [0.15, 0.2) is 5.76 Å². The number of carbonyl (C=O) groups is 1. The highest BCUT2D eigenvalue weighted by molar-refractivity contribution is 5.91. The summed E-state index contributed by atoms with van der Waals surface area (Å²) in [7, 11) is 0. The molecule has 0 unspecified atom stereocenters. The largest absolute Gasteiger partial charge is 0.456 e. The summed E-state index contributed by atoms with van der Waals surface area (Å²) in [6.45, 7) is 2.49. The van der Waals surface area contributed by atoms with E-state index in [1.54, 1.807) is 6.07 Å². The van der Waals surface area contributed by atoms with Crippen LogP contribution in [0.1, 0.15) is 28.8 Å². The van der Waals surface area contributed by atoms with E-state index >= 15 is 0 Å². The maximum atomic E-state index is 11.5. The first kappa shape index (κ1) is 11.5. The van der Waals surface area contributed by atoms with Gasteiger partial charge in [0.2, 0.25) is 0 Å². The normalized spacial score (nSPS) is 10.2. The van der Waals surface area contributed by atoms with Gasteiger partial charge in [-0.15, -0.1) is 0 Å². The maximum Gasteiger partial charge on any atom is 0.286 e. The van der Waals surface area contributed by atoms with Crippen LogP contribution in [-0.2, 0) is 6.42 Å². The number of amides is 1. The molecule has 0 fully saturated rings. The first-order valence-electron chi connectivity index (χ1n) is 5.70.